The third-order valence-electron chi connectivity index (χ3n) is 6.82. The molecular formula is C36H38IrNO3-. The Bertz CT molecular complexity index is 1610. The maximum Gasteiger partial charge on any atom is 0.194 e. The second-order valence-corrected chi connectivity index (χ2v) is 11.7. The first-order valence-corrected chi connectivity index (χ1v) is 13.9. The Balaban J connectivity index is 0.000000284. The molecule has 0 aliphatic heterocycles. The van der Waals surface area contributed by atoms with Gasteiger partial charge in [0.2, 0.25) is 0 Å². The summed E-state index contributed by atoms with van der Waals surface area (Å²) in [4.78, 5) is 29.2. The number of benzene rings is 3. The molecule has 0 amide bonds. The molecule has 1 heterocycles. The SMILES string of the molecule is CC(C)CC(=O)/C=C(\O)CC(C)C.Cc1[c-]c(-c2ncc3c4c(cccc24)C(=O)c2ccc(C)cc2-3)cc(C)c1.[Ir]. The van der Waals surface area contributed by atoms with E-state index < -0.39 is 0 Å². The summed E-state index contributed by atoms with van der Waals surface area (Å²) in [6, 6.07) is 19.6. The van der Waals surface area contributed by atoms with Gasteiger partial charge in [0.05, 0.1) is 5.76 Å². The zero-order valence-corrected chi connectivity index (χ0v) is 27.3. The minimum atomic E-state index is 0. The second kappa shape index (κ2) is 13.5. The van der Waals surface area contributed by atoms with Gasteiger partial charge in [0.25, 0.3) is 0 Å². The topological polar surface area (TPSA) is 67.3 Å². The van der Waals surface area contributed by atoms with Crippen LogP contribution in [0.5, 0.6) is 0 Å². The molecule has 1 N–H and O–H groups in total. The second-order valence-electron chi connectivity index (χ2n) is 11.7. The van der Waals surface area contributed by atoms with E-state index in [9.17, 15) is 14.7 Å². The molecule has 3 aromatic carbocycles. The van der Waals surface area contributed by atoms with E-state index in [1.165, 1.54) is 11.6 Å². The minimum absolute atomic E-state index is 0. The van der Waals surface area contributed by atoms with Crippen molar-refractivity contribution < 1.29 is 34.8 Å². The van der Waals surface area contributed by atoms with Crippen molar-refractivity contribution in [2.45, 2.75) is 61.3 Å². The Morgan fingerprint density at radius 1 is 0.878 bits per heavy atom. The molecule has 0 fully saturated rings. The van der Waals surface area contributed by atoms with Gasteiger partial charge >= 0.3 is 0 Å². The summed E-state index contributed by atoms with van der Waals surface area (Å²) >= 11 is 0. The summed E-state index contributed by atoms with van der Waals surface area (Å²) in [6.07, 6.45) is 4.38. The van der Waals surface area contributed by atoms with Crippen LogP contribution in [0.2, 0.25) is 0 Å². The molecule has 215 valence electrons. The van der Waals surface area contributed by atoms with Gasteiger partial charge in [-0.3, -0.25) is 9.59 Å². The molecule has 5 rings (SSSR count). The molecule has 0 saturated carbocycles. The fraction of sp³-hybridized carbons (Fsp3) is 0.306. The number of rotatable bonds is 6. The monoisotopic (exact) mass is 725 g/mol. The van der Waals surface area contributed by atoms with Crippen LogP contribution in [0.3, 0.4) is 0 Å². The van der Waals surface area contributed by atoms with Crippen LogP contribution in [0.25, 0.3) is 33.2 Å². The summed E-state index contributed by atoms with van der Waals surface area (Å²) in [5.41, 5.74) is 8.79. The number of ketones is 2. The number of aryl methyl sites for hydroxylation is 3. The van der Waals surface area contributed by atoms with Gasteiger partial charge in [-0.2, -0.15) is 0 Å². The molecule has 1 aliphatic carbocycles. The van der Waals surface area contributed by atoms with Gasteiger partial charge in [-0.05, 0) is 40.8 Å². The van der Waals surface area contributed by atoms with Crippen molar-refractivity contribution in [3.63, 3.8) is 0 Å². The largest absolute Gasteiger partial charge is 0.512 e. The van der Waals surface area contributed by atoms with Crippen LogP contribution in [-0.4, -0.2) is 21.7 Å². The average Bonchev–Trinajstić information content (AvgIpc) is 2.85. The van der Waals surface area contributed by atoms with Crippen LogP contribution in [0, 0.1) is 38.7 Å². The van der Waals surface area contributed by atoms with Crippen molar-refractivity contribution >= 4 is 22.3 Å². The number of fused-ring (bicyclic) bond motifs is 2. The first-order chi connectivity index (χ1) is 18.9. The molecular weight excluding hydrogens is 687 g/mol. The number of hydrogen-bond donors (Lipinski definition) is 1. The summed E-state index contributed by atoms with van der Waals surface area (Å²) in [7, 11) is 0. The summed E-state index contributed by atoms with van der Waals surface area (Å²) in [6.45, 7) is 14.2. The van der Waals surface area contributed by atoms with Crippen LogP contribution < -0.4 is 0 Å². The van der Waals surface area contributed by atoms with Crippen molar-refractivity contribution in [3.05, 3.63) is 100 Å². The normalized spacial score (nSPS) is 12.1. The van der Waals surface area contributed by atoms with Crippen LogP contribution in [0.15, 0.2) is 66.6 Å². The van der Waals surface area contributed by atoms with E-state index in [2.05, 4.69) is 44.2 Å². The van der Waals surface area contributed by atoms with Crippen molar-refractivity contribution in [2.24, 2.45) is 11.8 Å². The Morgan fingerprint density at radius 3 is 2.24 bits per heavy atom. The van der Waals surface area contributed by atoms with Gasteiger partial charge in [0, 0.05) is 61.9 Å². The Morgan fingerprint density at radius 2 is 1.59 bits per heavy atom. The molecule has 4 nitrogen and oxygen atoms in total. The van der Waals surface area contributed by atoms with Gasteiger partial charge < -0.3 is 10.1 Å². The molecule has 1 aliphatic rings. The molecule has 4 aromatic rings. The molecule has 0 bridgehead atoms. The predicted molar refractivity (Wildman–Crippen MR) is 164 cm³/mol. The number of aromatic nitrogens is 1. The van der Waals surface area contributed by atoms with Crippen LogP contribution in [-0.2, 0) is 24.9 Å². The molecule has 41 heavy (non-hydrogen) atoms. The van der Waals surface area contributed by atoms with E-state index in [1.807, 2.05) is 65.1 Å². The number of carbonyl (C=O) groups excluding carboxylic acids is 2. The molecule has 1 radical (unpaired) electrons. The number of nitrogens with zero attached hydrogens (tertiary/aromatic N) is 1. The van der Waals surface area contributed by atoms with Crippen molar-refractivity contribution in [1.82, 2.24) is 4.98 Å². The maximum absolute atomic E-state index is 13.1. The van der Waals surface area contributed by atoms with E-state index in [0.29, 0.717) is 24.7 Å². The number of allylic oxidation sites excluding steroid dienone is 2. The molecule has 0 atom stereocenters. The molecule has 0 unspecified atom stereocenters. The zero-order chi connectivity index (χ0) is 29.1. The Hall–Kier alpha value is -3.40. The van der Waals surface area contributed by atoms with Gasteiger partial charge in [0.15, 0.2) is 11.6 Å². The van der Waals surface area contributed by atoms with E-state index in [1.54, 1.807) is 0 Å². The smallest absolute Gasteiger partial charge is 0.194 e. The number of hydrogen-bond acceptors (Lipinski definition) is 4. The molecule has 0 saturated heterocycles. The van der Waals surface area contributed by atoms with E-state index >= 15 is 0 Å². The van der Waals surface area contributed by atoms with Gasteiger partial charge in [0.1, 0.15) is 0 Å². The average molecular weight is 725 g/mol. The van der Waals surface area contributed by atoms with E-state index in [0.717, 1.165) is 55.4 Å². The van der Waals surface area contributed by atoms with Gasteiger partial charge in [-0.1, -0.05) is 83.5 Å². The van der Waals surface area contributed by atoms with Gasteiger partial charge in [-0.15, -0.1) is 34.9 Å². The van der Waals surface area contributed by atoms with Crippen LogP contribution in [0.4, 0.5) is 0 Å². The Kier molecular flexibility index (Phi) is 10.6. The molecule has 5 heteroatoms. The quantitative estimate of drug-likeness (QED) is 0.108. The minimum Gasteiger partial charge on any atom is -0.512 e. The molecule has 0 spiro atoms. The number of aliphatic hydroxyl groups excluding tert-OH is 1. The fourth-order valence-corrected chi connectivity index (χ4v) is 5.28. The first kappa shape index (κ1) is 32.1. The number of carbonyl (C=O) groups is 2. The molecule has 1 aromatic heterocycles. The van der Waals surface area contributed by atoms with Gasteiger partial charge in [-0.25, -0.2) is 0 Å². The van der Waals surface area contributed by atoms with Crippen LogP contribution in [0.1, 0.15) is 73.1 Å². The van der Waals surface area contributed by atoms with Crippen molar-refractivity contribution in [2.75, 3.05) is 0 Å². The van der Waals surface area contributed by atoms with E-state index in [-0.39, 0.29) is 37.4 Å². The van der Waals surface area contributed by atoms with E-state index in [4.69, 9.17) is 4.98 Å². The third kappa shape index (κ3) is 7.47. The fourth-order valence-electron chi connectivity index (χ4n) is 5.28. The predicted octanol–water partition coefficient (Wildman–Crippen LogP) is 8.93. The van der Waals surface area contributed by atoms with Crippen molar-refractivity contribution in [1.29, 1.82) is 0 Å². The standard InChI is InChI=1S/C25H18NO.C11H20O2.Ir/c1-14-7-8-18-21(12-14)22-13-26-24(17-10-15(2)9-16(3)11-17)19-5-4-6-20(23(19)22)25(18)27;1-8(2)5-10(12)7-11(13)6-9(3)4;/h4-10,12-13H,1-3H3;7-9,12H,5-6H2,1-4H3;/q-1;;/b;10-7-;. The van der Waals surface area contributed by atoms with Crippen LogP contribution >= 0.6 is 0 Å². The zero-order valence-electron chi connectivity index (χ0n) is 24.9. The summed E-state index contributed by atoms with van der Waals surface area (Å²) in [5.74, 6) is 1.07. The summed E-state index contributed by atoms with van der Waals surface area (Å²) < 4.78 is 0. The third-order valence-corrected chi connectivity index (χ3v) is 6.82. The number of pyridine rings is 1. The first-order valence-electron chi connectivity index (χ1n) is 13.9. The Labute approximate surface area is 257 Å². The maximum atomic E-state index is 13.1. The van der Waals surface area contributed by atoms with Crippen molar-refractivity contribution in [3.8, 4) is 22.4 Å². The number of aliphatic hydroxyl groups is 1. The summed E-state index contributed by atoms with van der Waals surface area (Å²) in [5, 5.41) is 11.3.